The molecule has 1 unspecified atom stereocenters. The molecule has 0 radical (unpaired) electrons. The molecule has 2 N–H and O–H groups in total. The van der Waals surface area contributed by atoms with E-state index in [-0.39, 0.29) is 16.5 Å². The van der Waals surface area contributed by atoms with E-state index in [0.717, 1.165) is 26.2 Å². The summed E-state index contributed by atoms with van der Waals surface area (Å²) < 4.78 is 41.1. The van der Waals surface area contributed by atoms with Crippen molar-refractivity contribution in [1.29, 1.82) is 0 Å². The molecule has 1 fully saturated rings. The van der Waals surface area contributed by atoms with Gasteiger partial charge < -0.3 is 9.67 Å². The van der Waals surface area contributed by atoms with Crippen LogP contribution < -0.4 is 5.32 Å². The van der Waals surface area contributed by atoms with E-state index >= 15 is 0 Å². The van der Waals surface area contributed by atoms with Gasteiger partial charge in [-0.3, -0.25) is 10.1 Å². The number of halogens is 4. The second-order valence-electron chi connectivity index (χ2n) is 7.26. The summed E-state index contributed by atoms with van der Waals surface area (Å²) in [6.07, 6.45) is -1.22. The molecule has 1 heterocycles. The van der Waals surface area contributed by atoms with E-state index in [1.165, 1.54) is 12.1 Å². The van der Waals surface area contributed by atoms with Crippen LogP contribution in [0.2, 0.25) is 5.02 Å². The molecule has 5 nitrogen and oxygen atoms in total. The van der Waals surface area contributed by atoms with E-state index in [0.29, 0.717) is 11.0 Å². The maximum Gasteiger partial charge on any atom is 0.267 e. The number of hydrogen-bond donors (Lipinski definition) is 2. The molecule has 1 saturated carbocycles. The summed E-state index contributed by atoms with van der Waals surface area (Å²) in [5.41, 5.74) is -1.94. The van der Waals surface area contributed by atoms with Gasteiger partial charge >= 0.3 is 0 Å². The van der Waals surface area contributed by atoms with Crippen LogP contribution in [0.1, 0.15) is 39.5 Å². The molecule has 0 spiro atoms. The molecule has 1 amide bonds. The van der Waals surface area contributed by atoms with E-state index in [9.17, 15) is 23.1 Å². The maximum absolute atomic E-state index is 13.8. The van der Waals surface area contributed by atoms with Crippen LogP contribution in [0.4, 0.5) is 19.1 Å². The molecular weight excluding hydrogens is 371 g/mol. The Balaban J connectivity index is 2.00. The van der Waals surface area contributed by atoms with Crippen molar-refractivity contribution < 1.29 is 23.1 Å². The van der Waals surface area contributed by atoms with E-state index in [1.807, 2.05) is 6.92 Å². The van der Waals surface area contributed by atoms with Gasteiger partial charge in [-0.05, 0) is 39.2 Å². The standard InChI is InChI=1S/C17H19ClF3N3O2/c1-16(4-3-5-16)24-12-6-9(18)10(19)7-11(12)22-15(24)23-13(25)8-17(2,26)14(20)21/h6-7,14,26H,3-5,8H2,1-2H3,(H,22,23,25). The Hall–Kier alpha value is -1.80. The molecule has 3 rings (SSSR count). The molecule has 0 saturated heterocycles. The van der Waals surface area contributed by atoms with E-state index in [2.05, 4.69) is 10.3 Å². The van der Waals surface area contributed by atoms with Gasteiger partial charge in [0.15, 0.2) is 0 Å². The molecule has 1 aromatic heterocycles. The van der Waals surface area contributed by atoms with Gasteiger partial charge in [-0.25, -0.2) is 18.2 Å². The zero-order valence-corrected chi connectivity index (χ0v) is 15.1. The first-order chi connectivity index (χ1) is 12.0. The van der Waals surface area contributed by atoms with Gasteiger partial charge in [-0.15, -0.1) is 0 Å². The number of rotatable bonds is 5. The van der Waals surface area contributed by atoms with Crippen LogP contribution in [-0.4, -0.2) is 32.6 Å². The number of carbonyl (C=O) groups excluding carboxylic acids is 1. The number of nitrogens with one attached hydrogen (secondary N) is 1. The monoisotopic (exact) mass is 389 g/mol. The Morgan fingerprint density at radius 2 is 2.15 bits per heavy atom. The third kappa shape index (κ3) is 3.27. The fourth-order valence-electron chi connectivity index (χ4n) is 3.19. The highest BCUT2D eigenvalue weighted by molar-refractivity contribution is 6.31. The lowest BCUT2D eigenvalue weighted by Gasteiger charge is -2.41. The summed E-state index contributed by atoms with van der Waals surface area (Å²) in [5, 5.41) is 12.0. The molecule has 1 aliphatic rings. The van der Waals surface area contributed by atoms with Gasteiger partial charge in [0.05, 0.1) is 22.5 Å². The number of imidazole rings is 1. The highest BCUT2D eigenvalue weighted by atomic mass is 35.5. The highest BCUT2D eigenvalue weighted by Gasteiger charge is 2.39. The van der Waals surface area contributed by atoms with Crippen LogP contribution in [0.25, 0.3) is 11.0 Å². The van der Waals surface area contributed by atoms with Crippen molar-refractivity contribution in [3.63, 3.8) is 0 Å². The molecule has 0 aliphatic heterocycles. The minimum Gasteiger partial charge on any atom is -0.384 e. The predicted molar refractivity (Wildman–Crippen MR) is 92.1 cm³/mol. The molecular formula is C17H19ClF3N3O2. The van der Waals surface area contributed by atoms with Crippen LogP contribution in [-0.2, 0) is 10.3 Å². The SMILES string of the molecule is CC(O)(CC(=O)Nc1nc2cc(F)c(Cl)cc2n1C1(C)CCC1)C(F)F. The maximum atomic E-state index is 13.8. The van der Waals surface area contributed by atoms with Crippen LogP contribution in [0.15, 0.2) is 12.1 Å². The van der Waals surface area contributed by atoms with Gasteiger partial charge in [-0.2, -0.15) is 0 Å². The number of fused-ring (bicyclic) bond motifs is 1. The second-order valence-corrected chi connectivity index (χ2v) is 7.67. The van der Waals surface area contributed by atoms with Crippen molar-refractivity contribution in [3.05, 3.63) is 23.0 Å². The predicted octanol–water partition coefficient (Wildman–Crippen LogP) is 4.07. The topological polar surface area (TPSA) is 67.2 Å². The number of carbonyl (C=O) groups is 1. The summed E-state index contributed by atoms with van der Waals surface area (Å²) in [6.45, 7) is 2.86. The third-order valence-electron chi connectivity index (χ3n) is 4.91. The Morgan fingerprint density at radius 1 is 1.50 bits per heavy atom. The molecule has 1 aliphatic carbocycles. The zero-order chi connectivity index (χ0) is 19.3. The number of benzene rings is 1. The van der Waals surface area contributed by atoms with Crippen molar-refractivity contribution in [1.82, 2.24) is 9.55 Å². The van der Waals surface area contributed by atoms with Gasteiger partial charge in [0.25, 0.3) is 6.43 Å². The van der Waals surface area contributed by atoms with Gasteiger partial charge in [0.2, 0.25) is 11.9 Å². The average molecular weight is 390 g/mol. The Labute approximate surface area is 153 Å². The summed E-state index contributed by atoms with van der Waals surface area (Å²) >= 11 is 5.89. The number of hydrogen-bond acceptors (Lipinski definition) is 3. The van der Waals surface area contributed by atoms with Crippen molar-refractivity contribution in [2.24, 2.45) is 0 Å². The lowest BCUT2D eigenvalue weighted by molar-refractivity contribution is -0.130. The number of anilines is 1. The first-order valence-electron chi connectivity index (χ1n) is 8.22. The molecule has 26 heavy (non-hydrogen) atoms. The van der Waals surface area contributed by atoms with Crippen molar-refractivity contribution in [2.75, 3.05) is 5.32 Å². The fraction of sp³-hybridized carbons (Fsp3) is 0.529. The molecule has 0 bridgehead atoms. The Bertz CT molecular complexity index is 863. The van der Waals surface area contributed by atoms with E-state index in [4.69, 9.17) is 11.6 Å². The molecule has 142 valence electrons. The fourth-order valence-corrected chi connectivity index (χ4v) is 3.34. The number of nitrogens with zero attached hydrogens (tertiary/aromatic N) is 2. The quantitative estimate of drug-likeness (QED) is 0.810. The minimum atomic E-state index is -3.07. The summed E-state index contributed by atoms with van der Waals surface area (Å²) in [7, 11) is 0. The first-order valence-corrected chi connectivity index (χ1v) is 8.60. The zero-order valence-electron chi connectivity index (χ0n) is 14.3. The normalized spacial score (nSPS) is 18.6. The van der Waals surface area contributed by atoms with Crippen LogP contribution >= 0.6 is 11.6 Å². The van der Waals surface area contributed by atoms with E-state index in [1.54, 1.807) is 4.57 Å². The summed E-state index contributed by atoms with van der Waals surface area (Å²) in [4.78, 5) is 16.4. The minimum absolute atomic E-state index is 0.0694. The van der Waals surface area contributed by atoms with Crippen molar-refractivity contribution in [2.45, 2.75) is 57.1 Å². The summed E-state index contributed by atoms with van der Waals surface area (Å²) in [6, 6.07) is 2.61. The average Bonchev–Trinajstić information content (AvgIpc) is 2.81. The number of alkyl halides is 2. The van der Waals surface area contributed by atoms with Gasteiger partial charge in [0, 0.05) is 11.6 Å². The third-order valence-corrected chi connectivity index (χ3v) is 5.20. The Kier molecular flexibility index (Phi) is 4.69. The lowest BCUT2D eigenvalue weighted by Crippen LogP contribution is -2.40. The van der Waals surface area contributed by atoms with Crippen LogP contribution in [0.3, 0.4) is 0 Å². The number of aromatic nitrogens is 2. The number of aliphatic hydroxyl groups is 1. The molecule has 2 aromatic rings. The van der Waals surface area contributed by atoms with Crippen molar-refractivity contribution >= 4 is 34.5 Å². The second kappa shape index (κ2) is 6.42. The van der Waals surface area contributed by atoms with E-state index < -0.39 is 30.2 Å². The smallest absolute Gasteiger partial charge is 0.267 e. The largest absolute Gasteiger partial charge is 0.384 e. The van der Waals surface area contributed by atoms with Crippen molar-refractivity contribution in [3.8, 4) is 0 Å². The highest BCUT2D eigenvalue weighted by Crippen LogP contribution is 2.43. The Morgan fingerprint density at radius 3 is 2.69 bits per heavy atom. The van der Waals surface area contributed by atoms with Gasteiger partial charge in [0.1, 0.15) is 11.4 Å². The van der Waals surface area contributed by atoms with Crippen LogP contribution in [0.5, 0.6) is 0 Å². The molecule has 9 heteroatoms. The van der Waals surface area contributed by atoms with Crippen LogP contribution in [0, 0.1) is 5.82 Å². The summed E-state index contributed by atoms with van der Waals surface area (Å²) in [5.74, 6) is -1.32. The number of amides is 1. The molecule has 1 atom stereocenters. The molecule has 1 aromatic carbocycles. The lowest BCUT2D eigenvalue weighted by atomic mass is 9.78. The van der Waals surface area contributed by atoms with Gasteiger partial charge in [-0.1, -0.05) is 11.6 Å². The first kappa shape index (κ1) is 19.0.